The molecule has 0 aliphatic rings. The lowest BCUT2D eigenvalue weighted by Gasteiger charge is -2.02. The van der Waals surface area contributed by atoms with E-state index in [2.05, 4.69) is 15.3 Å². The van der Waals surface area contributed by atoms with Gasteiger partial charge in [-0.25, -0.2) is 4.98 Å². The van der Waals surface area contributed by atoms with Gasteiger partial charge in [-0.05, 0) is 6.92 Å². The predicted molar refractivity (Wildman–Crippen MR) is 58.4 cm³/mol. The van der Waals surface area contributed by atoms with E-state index in [1.54, 1.807) is 11.8 Å². The van der Waals surface area contributed by atoms with Crippen LogP contribution >= 0.6 is 11.3 Å². The molecule has 0 fully saturated rings. The van der Waals surface area contributed by atoms with Crippen LogP contribution < -0.4 is 0 Å². The number of thiazole rings is 1. The summed E-state index contributed by atoms with van der Waals surface area (Å²) in [5.74, 6) is 0. The van der Waals surface area contributed by atoms with E-state index in [0.29, 0.717) is 12.3 Å². The van der Waals surface area contributed by atoms with E-state index in [9.17, 15) is 0 Å². The Morgan fingerprint density at radius 1 is 1.56 bits per heavy atom. The van der Waals surface area contributed by atoms with Gasteiger partial charge in [0.1, 0.15) is 5.69 Å². The number of aliphatic hydroxyl groups excluding tert-OH is 1. The summed E-state index contributed by atoms with van der Waals surface area (Å²) in [6.07, 6.45) is 0. The number of aromatic nitrogens is 4. The number of hydrogen-bond donors (Lipinski definition) is 1. The molecule has 1 N–H and O–H groups in total. The number of methoxy groups -OCH3 is 1. The molecule has 0 spiro atoms. The van der Waals surface area contributed by atoms with Crippen LogP contribution in [0.4, 0.5) is 0 Å². The van der Waals surface area contributed by atoms with Gasteiger partial charge in [-0.3, -0.25) is 0 Å². The minimum Gasteiger partial charge on any atom is -0.390 e. The Labute approximate surface area is 96.5 Å². The second-order valence-electron chi connectivity index (χ2n) is 3.26. The molecule has 16 heavy (non-hydrogen) atoms. The predicted octanol–water partition coefficient (Wildman–Crippen LogP) is 0.671. The van der Waals surface area contributed by atoms with Gasteiger partial charge in [-0.15, -0.1) is 16.4 Å². The standard InChI is InChI=1S/C9H12N4O2S/c1-6-5-16-9(10-6)13-8(4-15-2)7(3-14)11-12-13/h5,14H,3-4H2,1-2H3. The van der Waals surface area contributed by atoms with Crippen molar-refractivity contribution in [1.29, 1.82) is 0 Å². The van der Waals surface area contributed by atoms with Crippen molar-refractivity contribution in [2.75, 3.05) is 7.11 Å². The van der Waals surface area contributed by atoms with Crippen LogP contribution in [0.3, 0.4) is 0 Å². The fourth-order valence-electron chi connectivity index (χ4n) is 1.33. The van der Waals surface area contributed by atoms with Gasteiger partial charge in [0.2, 0.25) is 5.13 Å². The van der Waals surface area contributed by atoms with E-state index in [1.165, 1.54) is 11.3 Å². The smallest absolute Gasteiger partial charge is 0.212 e. The van der Waals surface area contributed by atoms with E-state index in [0.717, 1.165) is 16.5 Å². The number of hydrogen-bond acceptors (Lipinski definition) is 6. The van der Waals surface area contributed by atoms with Crippen LogP contribution in [0.5, 0.6) is 0 Å². The molecule has 86 valence electrons. The Balaban J connectivity index is 2.43. The minimum absolute atomic E-state index is 0.150. The van der Waals surface area contributed by atoms with Crippen molar-refractivity contribution < 1.29 is 9.84 Å². The van der Waals surface area contributed by atoms with Crippen LogP contribution in [0, 0.1) is 6.92 Å². The van der Waals surface area contributed by atoms with Crippen molar-refractivity contribution in [2.24, 2.45) is 0 Å². The van der Waals surface area contributed by atoms with Crippen molar-refractivity contribution in [2.45, 2.75) is 20.1 Å². The largest absolute Gasteiger partial charge is 0.390 e. The van der Waals surface area contributed by atoms with Crippen LogP contribution in [0.2, 0.25) is 0 Å². The highest BCUT2D eigenvalue weighted by Gasteiger charge is 2.15. The Morgan fingerprint density at radius 2 is 2.38 bits per heavy atom. The van der Waals surface area contributed by atoms with E-state index < -0.39 is 0 Å². The topological polar surface area (TPSA) is 73.1 Å². The summed E-state index contributed by atoms with van der Waals surface area (Å²) < 4.78 is 6.67. The number of ether oxygens (including phenoxy) is 1. The van der Waals surface area contributed by atoms with Gasteiger partial charge in [0, 0.05) is 12.5 Å². The fourth-order valence-corrected chi connectivity index (χ4v) is 2.10. The molecule has 0 aliphatic carbocycles. The monoisotopic (exact) mass is 240 g/mol. The Kier molecular flexibility index (Phi) is 3.28. The lowest BCUT2D eigenvalue weighted by Crippen LogP contribution is -2.04. The van der Waals surface area contributed by atoms with Gasteiger partial charge in [0.05, 0.1) is 24.6 Å². The number of rotatable bonds is 4. The van der Waals surface area contributed by atoms with Gasteiger partial charge in [-0.2, -0.15) is 4.68 Å². The second-order valence-corrected chi connectivity index (χ2v) is 4.09. The number of nitrogens with zero attached hydrogens (tertiary/aromatic N) is 4. The lowest BCUT2D eigenvalue weighted by atomic mass is 10.3. The number of aliphatic hydroxyl groups is 1. The van der Waals surface area contributed by atoms with Gasteiger partial charge in [0.25, 0.3) is 0 Å². The highest BCUT2D eigenvalue weighted by molar-refractivity contribution is 7.12. The molecule has 0 aromatic carbocycles. The Hall–Kier alpha value is -1.31. The van der Waals surface area contributed by atoms with Crippen molar-refractivity contribution in [3.05, 3.63) is 22.5 Å². The van der Waals surface area contributed by atoms with Crippen LogP contribution in [0.15, 0.2) is 5.38 Å². The summed E-state index contributed by atoms with van der Waals surface area (Å²) in [4.78, 5) is 4.31. The van der Waals surface area contributed by atoms with E-state index >= 15 is 0 Å². The van der Waals surface area contributed by atoms with E-state index in [1.807, 2.05) is 12.3 Å². The number of aryl methyl sites for hydroxylation is 1. The normalized spacial score (nSPS) is 10.9. The third-order valence-corrected chi connectivity index (χ3v) is 3.00. The second kappa shape index (κ2) is 4.69. The van der Waals surface area contributed by atoms with Crippen molar-refractivity contribution >= 4 is 11.3 Å². The first kappa shape index (κ1) is 11.2. The highest BCUT2D eigenvalue weighted by Crippen LogP contribution is 2.17. The molecule has 6 nitrogen and oxygen atoms in total. The SMILES string of the molecule is COCc1c(CO)nnn1-c1nc(C)cs1. The Morgan fingerprint density at radius 3 is 2.94 bits per heavy atom. The van der Waals surface area contributed by atoms with Crippen LogP contribution in [-0.4, -0.2) is 32.2 Å². The summed E-state index contributed by atoms with van der Waals surface area (Å²) in [5, 5.41) is 19.6. The highest BCUT2D eigenvalue weighted by atomic mass is 32.1. The molecule has 0 amide bonds. The van der Waals surface area contributed by atoms with E-state index in [-0.39, 0.29) is 6.61 Å². The molecular formula is C9H12N4O2S. The zero-order chi connectivity index (χ0) is 11.5. The molecule has 2 rings (SSSR count). The quantitative estimate of drug-likeness (QED) is 0.850. The van der Waals surface area contributed by atoms with E-state index in [4.69, 9.17) is 9.84 Å². The molecule has 0 unspecified atom stereocenters. The van der Waals surface area contributed by atoms with Crippen molar-refractivity contribution in [3.8, 4) is 5.13 Å². The molecule has 0 radical (unpaired) electrons. The van der Waals surface area contributed by atoms with Crippen LogP contribution in [0.25, 0.3) is 5.13 Å². The van der Waals surface area contributed by atoms with Crippen LogP contribution in [0.1, 0.15) is 17.1 Å². The minimum atomic E-state index is -0.150. The zero-order valence-corrected chi connectivity index (χ0v) is 9.86. The first-order chi connectivity index (χ1) is 7.76. The first-order valence-corrected chi connectivity index (χ1v) is 5.60. The van der Waals surface area contributed by atoms with Crippen LogP contribution in [-0.2, 0) is 18.0 Å². The zero-order valence-electron chi connectivity index (χ0n) is 9.04. The summed E-state index contributed by atoms with van der Waals surface area (Å²) in [5.41, 5.74) is 2.19. The van der Waals surface area contributed by atoms with Gasteiger partial charge in [-0.1, -0.05) is 5.21 Å². The summed E-state index contributed by atoms with van der Waals surface area (Å²) in [6.45, 7) is 2.12. The first-order valence-electron chi connectivity index (χ1n) is 4.72. The maximum absolute atomic E-state index is 9.12. The van der Waals surface area contributed by atoms with Crippen molar-refractivity contribution in [3.63, 3.8) is 0 Å². The molecule has 2 aromatic heterocycles. The average Bonchev–Trinajstić information content (AvgIpc) is 2.85. The lowest BCUT2D eigenvalue weighted by molar-refractivity contribution is 0.175. The molecule has 0 saturated carbocycles. The van der Waals surface area contributed by atoms with Crippen molar-refractivity contribution in [1.82, 2.24) is 20.0 Å². The van der Waals surface area contributed by atoms with Gasteiger partial charge >= 0.3 is 0 Å². The molecule has 0 aliphatic heterocycles. The summed E-state index contributed by atoms with van der Waals surface area (Å²) in [6, 6.07) is 0. The molecule has 7 heteroatoms. The third-order valence-electron chi connectivity index (χ3n) is 2.06. The van der Waals surface area contributed by atoms with Gasteiger partial charge < -0.3 is 9.84 Å². The summed E-state index contributed by atoms with van der Waals surface area (Å²) in [7, 11) is 1.59. The maximum atomic E-state index is 9.12. The Bertz CT molecular complexity index is 480. The fraction of sp³-hybridized carbons (Fsp3) is 0.444. The molecule has 0 saturated heterocycles. The maximum Gasteiger partial charge on any atom is 0.212 e. The average molecular weight is 240 g/mol. The molecular weight excluding hydrogens is 228 g/mol. The molecule has 0 atom stereocenters. The summed E-state index contributed by atoms with van der Waals surface area (Å²) >= 11 is 1.48. The molecule has 0 bridgehead atoms. The van der Waals surface area contributed by atoms with Gasteiger partial charge in [0.15, 0.2) is 0 Å². The molecule has 2 aromatic rings. The molecule has 2 heterocycles. The third kappa shape index (κ3) is 1.97.